The van der Waals surface area contributed by atoms with Gasteiger partial charge in [-0.25, -0.2) is 0 Å². The van der Waals surface area contributed by atoms with Crippen LogP contribution in [0.3, 0.4) is 0 Å². The van der Waals surface area contributed by atoms with Gasteiger partial charge in [-0.2, -0.15) is 0 Å². The molecule has 0 spiro atoms. The van der Waals surface area contributed by atoms with Crippen molar-refractivity contribution in [3.8, 4) is 16.9 Å². The molecule has 0 radical (unpaired) electrons. The first-order valence-corrected chi connectivity index (χ1v) is 6.36. The lowest BCUT2D eigenvalue weighted by Gasteiger charge is -2.09. The van der Waals surface area contributed by atoms with E-state index in [1.807, 2.05) is 42.5 Å². The molecule has 0 aliphatic rings. The van der Waals surface area contributed by atoms with Gasteiger partial charge in [0.1, 0.15) is 5.75 Å². The highest BCUT2D eigenvalue weighted by atomic mass is 79.9. The molecule has 0 saturated carbocycles. The van der Waals surface area contributed by atoms with Crippen molar-refractivity contribution in [2.24, 2.45) is 0 Å². The molecular formula is C15H13BrO2. The molecule has 0 atom stereocenters. The van der Waals surface area contributed by atoms with E-state index in [9.17, 15) is 4.79 Å². The summed E-state index contributed by atoms with van der Waals surface area (Å²) < 4.78 is 6.17. The quantitative estimate of drug-likeness (QED) is 0.789. The third-order valence-corrected chi connectivity index (χ3v) is 3.42. The number of carbonyl (C=O) groups excluding carboxylic acids is 1. The molecule has 2 aromatic rings. The Hall–Kier alpha value is -1.61. The molecule has 0 unspecified atom stereocenters. The Kier molecular flexibility index (Phi) is 3.82. The zero-order valence-corrected chi connectivity index (χ0v) is 11.8. The number of hydrogen-bond acceptors (Lipinski definition) is 2. The summed E-state index contributed by atoms with van der Waals surface area (Å²) in [5.41, 5.74) is 2.62. The molecule has 0 N–H and O–H groups in total. The molecule has 0 heterocycles. The van der Waals surface area contributed by atoms with Crippen LogP contribution in [0, 0.1) is 0 Å². The maximum Gasteiger partial charge on any atom is 0.160 e. The van der Waals surface area contributed by atoms with Crippen LogP contribution in [0.4, 0.5) is 0 Å². The van der Waals surface area contributed by atoms with Crippen LogP contribution in [0.25, 0.3) is 11.1 Å². The molecule has 0 amide bonds. The van der Waals surface area contributed by atoms with Crippen molar-refractivity contribution < 1.29 is 9.53 Å². The van der Waals surface area contributed by atoms with E-state index < -0.39 is 0 Å². The number of halogens is 1. The maximum absolute atomic E-state index is 11.6. The molecule has 0 fully saturated rings. The first-order chi connectivity index (χ1) is 8.63. The van der Waals surface area contributed by atoms with Gasteiger partial charge >= 0.3 is 0 Å². The van der Waals surface area contributed by atoms with E-state index in [1.165, 1.54) is 0 Å². The van der Waals surface area contributed by atoms with Crippen molar-refractivity contribution in [3.05, 3.63) is 52.5 Å². The fraction of sp³-hybridized carbons (Fsp3) is 0.133. The molecule has 2 rings (SSSR count). The number of Topliss-reactive ketones (excluding diaryl/α,β-unsaturated/α-hetero) is 1. The third kappa shape index (κ3) is 2.46. The van der Waals surface area contributed by atoms with Crippen LogP contribution in [-0.2, 0) is 0 Å². The minimum atomic E-state index is 0.0625. The Balaban J connectivity index is 2.58. The number of carbonyl (C=O) groups is 1. The largest absolute Gasteiger partial charge is 0.496 e. The molecule has 18 heavy (non-hydrogen) atoms. The molecule has 0 saturated heterocycles. The molecular weight excluding hydrogens is 292 g/mol. The summed E-state index contributed by atoms with van der Waals surface area (Å²) in [7, 11) is 1.63. The van der Waals surface area contributed by atoms with E-state index in [2.05, 4.69) is 15.9 Å². The molecule has 0 aromatic heterocycles. The standard InChI is InChI=1S/C15H13BrO2/c1-10(17)12-5-3-4-6-13(12)11-7-8-14(16)15(9-11)18-2/h3-9H,1-2H3. The predicted octanol–water partition coefficient (Wildman–Crippen LogP) is 4.33. The summed E-state index contributed by atoms with van der Waals surface area (Å²) in [4.78, 5) is 11.6. The van der Waals surface area contributed by atoms with Crippen molar-refractivity contribution in [2.75, 3.05) is 7.11 Å². The van der Waals surface area contributed by atoms with Gasteiger partial charge in [-0.05, 0) is 46.1 Å². The highest BCUT2D eigenvalue weighted by Crippen LogP contribution is 2.32. The van der Waals surface area contributed by atoms with Crippen LogP contribution in [0.1, 0.15) is 17.3 Å². The van der Waals surface area contributed by atoms with Crippen LogP contribution < -0.4 is 4.74 Å². The second kappa shape index (κ2) is 5.36. The van der Waals surface area contributed by atoms with Crippen molar-refractivity contribution in [1.82, 2.24) is 0 Å². The highest BCUT2D eigenvalue weighted by Gasteiger charge is 2.10. The number of methoxy groups -OCH3 is 1. The first kappa shape index (κ1) is 12.8. The van der Waals surface area contributed by atoms with Gasteiger partial charge in [-0.15, -0.1) is 0 Å². The van der Waals surface area contributed by atoms with Gasteiger partial charge in [-0.1, -0.05) is 30.3 Å². The molecule has 2 nitrogen and oxygen atoms in total. The van der Waals surface area contributed by atoms with Gasteiger partial charge in [-0.3, -0.25) is 4.79 Å². The van der Waals surface area contributed by atoms with Crippen LogP contribution in [0.5, 0.6) is 5.75 Å². The Morgan fingerprint density at radius 1 is 1.17 bits per heavy atom. The van der Waals surface area contributed by atoms with Crippen molar-refractivity contribution in [3.63, 3.8) is 0 Å². The summed E-state index contributed by atoms with van der Waals surface area (Å²) in [6.07, 6.45) is 0. The van der Waals surface area contributed by atoms with Crippen molar-refractivity contribution >= 4 is 21.7 Å². The summed E-state index contributed by atoms with van der Waals surface area (Å²) in [6.45, 7) is 1.58. The zero-order valence-electron chi connectivity index (χ0n) is 10.2. The lowest BCUT2D eigenvalue weighted by Crippen LogP contribution is -1.96. The minimum absolute atomic E-state index is 0.0625. The van der Waals surface area contributed by atoms with Crippen molar-refractivity contribution in [1.29, 1.82) is 0 Å². The SMILES string of the molecule is COc1cc(-c2ccccc2C(C)=O)ccc1Br. The van der Waals surface area contributed by atoms with Crippen LogP contribution in [0.15, 0.2) is 46.9 Å². The fourth-order valence-electron chi connectivity index (χ4n) is 1.87. The van der Waals surface area contributed by atoms with E-state index in [0.717, 1.165) is 26.9 Å². The number of ketones is 1. The normalized spacial score (nSPS) is 10.2. The smallest absolute Gasteiger partial charge is 0.160 e. The van der Waals surface area contributed by atoms with Crippen LogP contribution >= 0.6 is 15.9 Å². The number of hydrogen-bond donors (Lipinski definition) is 0. The predicted molar refractivity (Wildman–Crippen MR) is 76.1 cm³/mol. The van der Waals surface area contributed by atoms with Gasteiger partial charge in [0, 0.05) is 5.56 Å². The Morgan fingerprint density at radius 2 is 1.89 bits per heavy atom. The minimum Gasteiger partial charge on any atom is -0.496 e. The second-order valence-corrected chi connectivity index (χ2v) is 4.81. The lowest BCUT2D eigenvalue weighted by atomic mass is 9.97. The highest BCUT2D eigenvalue weighted by molar-refractivity contribution is 9.10. The van der Waals surface area contributed by atoms with Crippen LogP contribution in [0.2, 0.25) is 0 Å². The number of ether oxygens (including phenoxy) is 1. The molecule has 92 valence electrons. The summed E-state index contributed by atoms with van der Waals surface area (Å²) in [6, 6.07) is 13.4. The lowest BCUT2D eigenvalue weighted by molar-refractivity contribution is 0.101. The Morgan fingerprint density at radius 3 is 2.56 bits per heavy atom. The van der Waals surface area contributed by atoms with Gasteiger partial charge < -0.3 is 4.74 Å². The summed E-state index contributed by atoms with van der Waals surface area (Å²) in [5, 5.41) is 0. The third-order valence-electron chi connectivity index (χ3n) is 2.77. The fourth-order valence-corrected chi connectivity index (χ4v) is 2.28. The average molecular weight is 305 g/mol. The van der Waals surface area contributed by atoms with Gasteiger partial charge in [0.05, 0.1) is 11.6 Å². The summed E-state index contributed by atoms with van der Waals surface area (Å²) in [5.74, 6) is 0.818. The second-order valence-electron chi connectivity index (χ2n) is 3.95. The number of benzene rings is 2. The molecule has 0 aliphatic heterocycles. The molecule has 2 aromatic carbocycles. The Bertz CT molecular complexity index is 591. The van der Waals surface area contributed by atoms with E-state index in [-0.39, 0.29) is 5.78 Å². The van der Waals surface area contributed by atoms with Gasteiger partial charge in [0.2, 0.25) is 0 Å². The monoisotopic (exact) mass is 304 g/mol. The maximum atomic E-state index is 11.6. The van der Waals surface area contributed by atoms with E-state index in [4.69, 9.17) is 4.74 Å². The first-order valence-electron chi connectivity index (χ1n) is 5.57. The summed E-state index contributed by atoms with van der Waals surface area (Å²) >= 11 is 3.42. The molecule has 0 aliphatic carbocycles. The van der Waals surface area contributed by atoms with Gasteiger partial charge in [0.25, 0.3) is 0 Å². The van der Waals surface area contributed by atoms with E-state index in [1.54, 1.807) is 14.0 Å². The number of rotatable bonds is 3. The molecule has 3 heteroatoms. The topological polar surface area (TPSA) is 26.3 Å². The van der Waals surface area contributed by atoms with Crippen molar-refractivity contribution in [2.45, 2.75) is 6.92 Å². The Labute approximate surface area is 115 Å². The van der Waals surface area contributed by atoms with E-state index >= 15 is 0 Å². The van der Waals surface area contributed by atoms with Gasteiger partial charge in [0.15, 0.2) is 5.78 Å². The average Bonchev–Trinajstić information content (AvgIpc) is 2.39. The zero-order chi connectivity index (χ0) is 13.1. The molecule has 0 bridgehead atoms. The van der Waals surface area contributed by atoms with E-state index in [0.29, 0.717) is 0 Å². The van der Waals surface area contributed by atoms with Crippen LogP contribution in [-0.4, -0.2) is 12.9 Å².